The van der Waals surface area contributed by atoms with E-state index >= 15 is 0 Å². The van der Waals surface area contributed by atoms with Crippen LogP contribution in [-0.2, 0) is 5.41 Å². The molecule has 0 spiro atoms. The Morgan fingerprint density at radius 2 is 2.24 bits per heavy atom. The van der Waals surface area contributed by atoms with Crippen molar-refractivity contribution in [2.24, 2.45) is 0 Å². The number of fused-ring (bicyclic) bond motifs is 2. The fourth-order valence-electron chi connectivity index (χ4n) is 4.20. The summed E-state index contributed by atoms with van der Waals surface area (Å²) in [6.07, 6.45) is 9.53. The maximum absolute atomic E-state index is 9.78. The summed E-state index contributed by atoms with van der Waals surface area (Å²) in [6.45, 7) is 6.19. The molecule has 0 radical (unpaired) electrons. The van der Waals surface area contributed by atoms with E-state index in [0.29, 0.717) is 11.2 Å². The van der Waals surface area contributed by atoms with Crippen LogP contribution in [0.1, 0.15) is 44.1 Å². The van der Waals surface area contributed by atoms with Crippen molar-refractivity contribution in [1.82, 2.24) is 4.90 Å². The van der Waals surface area contributed by atoms with Crippen molar-refractivity contribution in [3.8, 4) is 5.75 Å². The summed E-state index contributed by atoms with van der Waals surface area (Å²) in [4.78, 5) is 2.65. The first-order chi connectivity index (χ1) is 9.73. The molecule has 3 heteroatoms. The summed E-state index contributed by atoms with van der Waals surface area (Å²) in [7, 11) is 0. The molecule has 1 saturated heterocycles. The summed E-state index contributed by atoms with van der Waals surface area (Å²) in [5.41, 5.74) is 1.66. The standard InChI is InChI=1S/C18H25NO.ClH/c1-2-3-11-19-12-10-18(9-5-7-16(19)14-18)15-6-4-8-17(20)13-15;/h2,4,6,8,13,16,20H,1,3,5,7,9-12,14H2;1H/t16-,18+;/m0./s1. The van der Waals surface area contributed by atoms with Crippen LogP contribution < -0.4 is 0 Å². The Bertz CT molecular complexity index is 490. The van der Waals surface area contributed by atoms with E-state index in [0.717, 1.165) is 19.0 Å². The van der Waals surface area contributed by atoms with E-state index in [2.05, 4.69) is 17.5 Å². The number of aromatic hydroxyl groups is 1. The Balaban J connectivity index is 0.00000161. The van der Waals surface area contributed by atoms with Crippen molar-refractivity contribution >= 4 is 12.4 Å². The smallest absolute Gasteiger partial charge is 0.115 e. The Kier molecular flexibility index (Phi) is 5.34. The summed E-state index contributed by atoms with van der Waals surface area (Å²) in [6, 6.07) is 8.69. The second kappa shape index (κ2) is 6.85. The van der Waals surface area contributed by atoms with Gasteiger partial charge in [-0.3, -0.25) is 0 Å². The first kappa shape index (κ1) is 16.4. The Hall–Kier alpha value is -0.990. The first-order valence-corrected chi connectivity index (χ1v) is 7.88. The molecule has 2 aliphatic rings. The fourth-order valence-corrected chi connectivity index (χ4v) is 4.20. The number of halogens is 1. The van der Waals surface area contributed by atoms with E-state index in [1.54, 1.807) is 6.07 Å². The number of benzene rings is 1. The van der Waals surface area contributed by atoms with Crippen LogP contribution in [0.5, 0.6) is 5.75 Å². The molecule has 2 atom stereocenters. The molecule has 1 aromatic rings. The van der Waals surface area contributed by atoms with Gasteiger partial charge < -0.3 is 10.0 Å². The summed E-state index contributed by atoms with van der Waals surface area (Å²) < 4.78 is 0. The van der Waals surface area contributed by atoms with E-state index < -0.39 is 0 Å². The van der Waals surface area contributed by atoms with Crippen molar-refractivity contribution in [3.63, 3.8) is 0 Å². The molecule has 1 aliphatic heterocycles. The largest absolute Gasteiger partial charge is 0.508 e. The molecule has 2 fully saturated rings. The van der Waals surface area contributed by atoms with Crippen molar-refractivity contribution in [1.29, 1.82) is 0 Å². The molecule has 2 bridgehead atoms. The van der Waals surface area contributed by atoms with Gasteiger partial charge in [-0.2, -0.15) is 0 Å². The minimum absolute atomic E-state index is 0. The third kappa shape index (κ3) is 3.27. The van der Waals surface area contributed by atoms with Gasteiger partial charge in [0, 0.05) is 12.6 Å². The van der Waals surface area contributed by atoms with Crippen molar-refractivity contribution in [2.75, 3.05) is 13.1 Å². The lowest BCUT2D eigenvalue weighted by Crippen LogP contribution is -2.51. The highest BCUT2D eigenvalue weighted by atomic mass is 35.5. The highest BCUT2D eigenvalue weighted by Crippen LogP contribution is 2.47. The number of hydrogen-bond acceptors (Lipinski definition) is 2. The molecule has 1 saturated carbocycles. The average molecular weight is 308 g/mol. The molecule has 3 rings (SSSR count). The third-order valence-corrected chi connectivity index (χ3v) is 5.29. The van der Waals surface area contributed by atoms with Gasteiger partial charge in [0.1, 0.15) is 5.75 Å². The summed E-state index contributed by atoms with van der Waals surface area (Å²) in [5, 5.41) is 9.78. The third-order valence-electron chi connectivity index (χ3n) is 5.29. The van der Waals surface area contributed by atoms with Crippen LogP contribution in [-0.4, -0.2) is 29.1 Å². The molecule has 1 N–H and O–H groups in total. The first-order valence-electron chi connectivity index (χ1n) is 7.88. The second-order valence-electron chi connectivity index (χ2n) is 6.44. The number of phenols is 1. The highest BCUT2D eigenvalue weighted by Gasteiger charge is 2.43. The number of nitrogens with zero attached hydrogens (tertiary/aromatic N) is 1. The van der Waals surface area contributed by atoms with Crippen LogP contribution in [0, 0.1) is 0 Å². The fraction of sp³-hybridized carbons (Fsp3) is 0.556. The maximum atomic E-state index is 9.78. The van der Waals surface area contributed by atoms with E-state index in [-0.39, 0.29) is 12.4 Å². The van der Waals surface area contributed by atoms with Gasteiger partial charge >= 0.3 is 0 Å². The zero-order valence-electron chi connectivity index (χ0n) is 12.6. The van der Waals surface area contributed by atoms with E-state index in [1.807, 2.05) is 18.2 Å². The number of likely N-dealkylation sites (tertiary alicyclic amines) is 1. The van der Waals surface area contributed by atoms with Crippen molar-refractivity contribution in [3.05, 3.63) is 42.5 Å². The van der Waals surface area contributed by atoms with E-state index in [4.69, 9.17) is 0 Å². The highest BCUT2D eigenvalue weighted by molar-refractivity contribution is 5.85. The summed E-state index contributed by atoms with van der Waals surface area (Å²) in [5.74, 6) is 0.410. The predicted octanol–water partition coefficient (Wildman–Crippen LogP) is 4.28. The molecule has 116 valence electrons. The van der Waals surface area contributed by atoms with Crippen molar-refractivity contribution < 1.29 is 5.11 Å². The zero-order valence-corrected chi connectivity index (χ0v) is 13.4. The summed E-state index contributed by atoms with van der Waals surface area (Å²) >= 11 is 0. The predicted molar refractivity (Wildman–Crippen MR) is 90.3 cm³/mol. The monoisotopic (exact) mass is 307 g/mol. The number of hydrogen-bond donors (Lipinski definition) is 1. The van der Waals surface area contributed by atoms with Gasteiger partial charge in [-0.25, -0.2) is 0 Å². The molecular weight excluding hydrogens is 282 g/mol. The SMILES string of the molecule is C=CCCN1CC[C@]2(c3cccc(O)c3)CCC[C@H]1C2.Cl. The number of rotatable bonds is 4. The van der Waals surface area contributed by atoms with Gasteiger partial charge in [0.25, 0.3) is 0 Å². The lowest BCUT2D eigenvalue weighted by atomic mass is 9.63. The molecule has 1 heterocycles. The lowest BCUT2D eigenvalue weighted by molar-refractivity contribution is 0.0529. The molecule has 0 amide bonds. The normalized spacial score (nSPS) is 28.7. The number of phenolic OH excluding ortho intramolecular Hbond substituents is 1. The van der Waals surface area contributed by atoms with Gasteiger partial charge in [0.15, 0.2) is 0 Å². The molecule has 0 unspecified atom stereocenters. The zero-order chi connectivity index (χ0) is 14.0. The second-order valence-corrected chi connectivity index (χ2v) is 6.44. The van der Waals surface area contributed by atoms with Crippen LogP contribution in [0.3, 0.4) is 0 Å². The lowest BCUT2D eigenvalue weighted by Gasteiger charge is -2.51. The van der Waals surface area contributed by atoms with Crippen LogP contribution >= 0.6 is 12.4 Å². The van der Waals surface area contributed by atoms with Gasteiger partial charge in [-0.15, -0.1) is 19.0 Å². The molecule has 2 nitrogen and oxygen atoms in total. The van der Waals surface area contributed by atoms with Gasteiger partial charge in [0.2, 0.25) is 0 Å². The Morgan fingerprint density at radius 3 is 3.00 bits per heavy atom. The van der Waals surface area contributed by atoms with Crippen LogP contribution in [0.15, 0.2) is 36.9 Å². The average Bonchev–Trinajstić information content (AvgIpc) is 2.47. The molecule has 0 aromatic heterocycles. The minimum atomic E-state index is 0. The number of piperidine rings is 1. The molecular formula is C18H26ClNO. The Morgan fingerprint density at radius 1 is 1.38 bits per heavy atom. The quantitative estimate of drug-likeness (QED) is 0.839. The van der Waals surface area contributed by atoms with Crippen LogP contribution in [0.25, 0.3) is 0 Å². The van der Waals surface area contributed by atoms with Crippen molar-refractivity contribution in [2.45, 2.75) is 50.0 Å². The maximum Gasteiger partial charge on any atom is 0.115 e. The van der Waals surface area contributed by atoms with Gasteiger partial charge in [-0.05, 0) is 61.8 Å². The Labute approximate surface area is 134 Å². The van der Waals surface area contributed by atoms with Gasteiger partial charge in [0.05, 0.1) is 0 Å². The van der Waals surface area contributed by atoms with Crippen LogP contribution in [0.4, 0.5) is 0 Å². The molecule has 21 heavy (non-hydrogen) atoms. The minimum Gasteiger partial charge on any atom is -0.508 e. The topological polar surface area (TPSA) is 23.5 Å². The van der Waals surface area contributed by atoms with Gasteiger partial charge in [-0.1, -0.05) is 24.6 Å². The molecule has 1 aromatic carbocycles. The van der Waals surface area contributed by atoms with E-state index in [1.165, 1.54) is 44.2 Å². The van der Waals surface area contributed by atoms with Crippen LogP contribution in [0.2, 0.25) is 0 Å². The molecule has 1 aliphatic carbocycles. The van der Waals surface area contributed by atoms with E-state index in [9.17, 15) is 5.11 Å².